The summed E-state index contributed by atoms with van der Waals surface area (Å²) in [5.74, 6) is -0.944. The first kappa shape index (κ1) is 55.0. The van der Waals surface area contributed by atoms with Crippen LogP contribution in [0.1, 0.15) is 83.1 Å². The molecule has 0 heterocycles. The minimum absolute atomic E-state index is 0.114. The lowest BCUT2D eigenvalue weighted by Crippen LogP contribution is -2.31. The van der Waals surface area contributed by atoms with Crippen LogP contribution in [0.4, 0.5) is 0 Å². The van der Waals surface area contributed by atoms with Crippen molar-refractivity contribution < 1.29 is 71.2 Å². The van der Waals surface area contributed by atoms with Gasteiger partial charge in [-0.05, 0) is 83.1 Å². The predicted octanol–water partition coefficient (Wildman–Crippen LogP) is 5.29. The molecule has 12 atom stereocenters. The number of hydrogen-bond acceptors (Lipinski definition) is 15. The number of carbonyl (C=O) groups is 2. The molecule has 0 saturated carbocycles. The molecule has 12 unspecified atom stereocenters. The van der Waals surface area contributed by atoms with Crippen molar-refractivity contribution in [3.8, 4) is 0 Å². The van der Waals surface area contributed by atoms with Gasteiger partial charge in [0, 0.05) is 12.2 Å². The Labute approximate surface area is 343 Å². The molecule has 0 aliphatic carbocycles. The van der Waals surface area contributed by atoms with Crippen LogP contribution < -0.4 is 0 Å². The van der Waals surface area contributed by atoms with E-state index in [0.29, 0.717) is 66.1 Å². The van der Waals surface area contributed by atoms with Crippen molar-refractivity contribution in [2.45, 2.75) is 156 Å². The fourth-order valence-electron chi connectivity index (χ4n) is 4.37. The maximum atomic E-state index is 11.3. The smallest absolute Gasteiger partial charge is 0.330 e. The maximum Gasteiger partial charge on any atom is 0.330 e. The highest BCUT2D eigenvalue weighted by molar-refractivity contribution is 5.81. The molecule has 0 amide bonds. The zero-order valence-electron chi connectivity index (χ0n) is 37.1. The van der Waals surface area contributed by atoms with Crippen LogP contribution in [-0.4, -0.2) is 164 Å². The van der Waals surface area contributed by atoms with Crippen LogP contribution in [-0.2, 0) is 71.2 Å². The summed E-state index contributed by atoms with van der Waals surface area (Å²) >= 11 is 0. The second kappa shape index (κ2) is 33.8. The predicted molar refractivity (Wildman–Crippen MR) is 216 cm³/mol. The lowest BCUT2D eigenvalue weighted by molar-refractivity contribution is -0.147. The summed E-state index contributed by atoms with van der Waals surface area (Å²) in [4.78, 5) is 22.4. The van der Waals surface area contributed by atoms with Gasteiger partial charge in [-0.3, -0.25) is 0 Å². The number of carbonyl (C=O) groups excluding carboxylic acids is 2. The van der Waals surface area contributed by atoms with Gasteiger partial charge in [-0.1, -0.05) is 13.2 Å². The normalized spacial score (nSPS) is 18.2. The Morgan fingerprint density at radius 2 is 0.491 bits per heavy atom. The fraction of sp³-hybridized carbons (Fsp3) is 0.857. The molecule has 0 N–H and O–H groups in total. The Morgan fingerprint density at radius 1 is 0.316 bits per heavy atom. The Kier molecular flexibility index (Phi) is 32.6. The van der Waals surface area contributed by atoms with Gasteiger partial charge in [0.2, 0.25) is 0 Å². The molecule has 0 bridgehead atoms. The number of esters is 2. The molecular formula is C42H78O15. The van der Waals surface area contributed by atoms with Crippen molar-refractivity contribution in [3.63, 3.8) is 0 Å². The van der Waals surface area contributed by atoms with Crippen molar-refractivity contribution in [3.05, 3.63) is 25.3 Å². The first-order valence-corrected chi connectivity index (χ1v) is 20.3. The van der Waals surface area contributed by atoms with Gasteiger partial charge >= 0.3 is 11.9 Å². The molecule has 0 saturated heterocycles. The Morgan fingerprint density at radius 3 is 0.684 bits per heavy atom. The van der Waals surface area contributed by atoms with Crippen LogP contribution in [0.3, 0.4) is 0 Å². The highest BCUT2D eigenvalue weighted by Crippen LogP contribution is 2.07. The summed E-state index contributed by atoms with van der Waals surface area (Å²) in [7, 11) is 0. The second-order valence-corrected chi connectivity index (χ2v) is 14.9. The van der Waals surface area contributed by atoms with Crippen molar-refractivity contribution in [1.82, 2.24) is 0 Å². The van der Waals surface area contributed by atoms with Gasteiger partial charge in [0.1, 0.15) is 12.7 Å². The largest absolute Gasteiger partial charge is 0.460 e. The van der Waals surface area contributed by atoms with Crippen molar-refractivity contribution in [1.29, 1.82) is 0 Å². The number of hydrogen-bond donors (Lipinski definition) is 0. The molecule has 57 heavy (non-hydrogen) atoms. The van der Waals surface area contributed by atoms with Crippen molar-refractivity contribution in [2.24, 2.45) is 0 Å². The Hall–Kier alpha value is -2.02. The average molecular weight is 823 g/mol. The van der Waals surface area contributed by atoms with E-state index in [4.69, 9.17) is 61.6 Å². The molecule has 15 heteroatoms. The van der Waals surface area contributed by atoms with E-state index in [9.17, 15) is 9.59 Å². The highest BCUT2D eigenvalue weighted by atomic mass is 16.6. The van der Waals surface area contributed by atoms with Gasteiger partial charge < -0.3 is 61.6 Å². The van der Waals surface area contributed by atoms with Gasteiger partial charge in [0.05, 0.1) is 140 Å². The fourth-order valence-corrected chi connectivity index (χ4v) is 4.37. The minimum Gasteiger partial charge on any atom is -0.460 e. The van der Waals surface area contributed by atoms with Crippen LogP contribution >= 0.6 is 0 Å². The van der Waals surface area contributed by atoms with Crippen molar-refractivity contribution in [2.75, 3.05) is 79.3 Å². The SMILES string of the molecule is C=CC(=O)OCC(C)OCC(C)OCC(C)OCC(C)OCC(C)OCC(C)OCC(C)OCC(C)OCC(C)OCC(C)OCC(C)OCC(C)OC(=O)C=C. The standard InChI is InChI=1S/C42H78O15/c1-15-41(43)56-27-39(13)54-25-37(11)52-23-35(9)50-21-33(7)48-19-31(5)46-17-29(3)45-18-30(4)47-20-32(6)49-22-34(8)51-24-36(10)53-26-38(12)55-28-40(14)57-42(44)16-2/h15-16,29-40H,1-2,17-28H2,3-14H3. The van der Waals surface area contributed by atoms with E-state index < -0.39 is 11.9 Å². The van der Waals surface area contributed by atoms with Crippen LogP contribution in [0.5, 0.6) is 0 Å². The molecule has 0 aliphatic rings. The summed E-state index contributed by atoms with van der Waals surface area (Å²) in [5.41, 5.74) is 0. The van der Waals surface area contributed by atoms with E-state index in [1.54, 1.807) is 6.92 Å². The summed E-state index contributed by atoms with van der Waals surface area (Å²) in [6.07, 6.45) is 0.406. The molecule has 0 aromatic heterocycles. The molecule has 0 aliphatic heterocycles. The summed E-state index contributed by atoms with van der Waals surface area (Å²) in [6.45, 7) is 34.4. The third-order valence-corrected chi connectivity index (χ3v) is 7.88. The molecule has 0 aromatic rings. The Balaban J connectivity index is 3.98. The minimum atomic E-state index is -0.472. The number of ether oxygens (including phenoxy) is 13. The lowest BCUT2D eigenvalue weighted by Gasteiger charge is -2.23. The summed E-state index contributed by atoms with van der Waals surface area (Å²) in [5, 5.41) is 0. The second-order valence-electron chi connectivity index (χ2n) is 14.9. The van der Waals surface area contributed by atoms with Gasteiger partial charge in [-0.15, -0.1) is 0 Å². The third-order valence-electron chi connectivity index (χ3n) is 7.88. The average Bonchev–Trinajstić information content (AvgIpc) is 3.19. The van der Waals surface area contributed by atoms with Gasteiger partial charge in [-0.25, -0.2) is 9.59 Å². The quantitative estimate of drug-likeness (QED) is 0.0585. The number of rotatable bonds is 38. The van der Waals surface area contributed by atoms with Crippen molar-refractivity contribution >= 4 is 11.9 Å². The summed E-state index contributed by atoms with van der Waals surface area (Å²) in [6, 6.07) is 0. The lowest BCUT2D eigenvalue weighted by atomic mass is 10.3. The van der Waals surface area contributed by atoms with E-state index in [0.717, 1.165) is 12.2 Å². The van der Waals surface area contributed by atoms with E-state index in [1.807, 2.05) is 76.2 Å². The zero-order valence-corrected chi connectivity index (χ0v) is 37.1. The molecule has 336 valence electrons. The molecule has 0 rings (SSSR count). The van der Waals surface area contributed by atoms with E-state index in [-0.39, 0.29) is 86.5 Å². The topological polar surface area (TPSA) is 154 Å². The monoisotopic (exact) mass is 823 g/mol. The zero-order chi connectivity index (χ0) is 43.2. The highest BCUT2D eigenvalue weighted by Gasteiger charge is 2.17. The first-order chi connectivity index (χ1) is 26.9. The van der Waals surface area contributed by atoms with Crippen LogP contribution in [0.2, 0.25) is 0 Å². The molecule has 0 spiro atoms. The van der Waals surface area contributed by atoms with E-state index in [2.05, 4.69) is 13.2 Å². The first-order valence-electron chi connectivity index (χ1n) is 20.3. The summed E-state index contributed by atoms with van der Waals surface area (Å²) < 4.78 is 74.5. The van der Waals surface area contributed by atoms with Gasteiger partial charge in [-0.2, -0.15) is 0 Å². The Bertz CT molecular complexity index is 1030. The van der Waals surface area contributed by atoms with Gasteiger partial charge in [0.25, 0.3) is 0 Å². The molecule has 0 aromatic carbocycles. The van der Waals surface area contributed by atoms with Crippen LogP contribution in [0.25, 0.3) is 0 Å². The molecular weight excluding hydrogens is 744 g/mol. The molecule has 0 fully saturated rings. The van der Waals surface area contributed by atoms with E-state index in [1.165, 1.54) is 0 Å². The van der Waals surface area contributed by atoms with Crippen LogP contribution in [0, 0.1) is 0 Å². The molecule has 15 nitrogen and oxygen atoms in total. The molecule has 0 radical (unpaired) electrons. The third kappa shape index (κ3) is 33.5. The van der Waals surface area contributed by atoms with Crippen LogP contribution in [0.15, 0.2) is 25.3 Å². The van der Waals surface area contributed by atoms with E-state index >= 15 is 0 Å². The maximum absolute atomic E-state index is 11.3. The van der Waals surface area contributed by atoms with Gasteiger partial charge in [0.15, 0.2) is 0 Å².